The summed E-state index contributed by atoms with van der Waals surface area (Å²) in [7, 11) is 0. The Hall–Kier alpha value is -8.26. The Balaban J connectivity index is 0.937. The number of nitrogens with zero attached hydrogens (tertiary/aromatic N) is 6. The quantitative estimate of drug-likeness (QED) is 0.168. The van der Waals surface area contributed by atoms with Crippen molar-refractivity contribution >= 4 is 75.3 Å². The van der Waals surface area contributed by atoms with Gasteiger partial charge in [0, 0.05) is 84.2 Å². The molecule has 63 heavy (non-hydrogen) atoms. The van der Waals surface area contributed by atoms with Crippen LogP contribution in [0.25, 0.3) is 120 Å². The summed E-state index contributed by atoms with van der Waals surface area (Å²) in [5.41, 5.74) is 13.8. The summed E-state index contributed by atoms with van der Waals surface area (Å²) in [4.78, 5) is 19.9. The lowest BCUT2D eigenvalue weighted by Crippen LogP contribution is -2.02. The molecule has 0 aliphatic heterocycles. The van der Waals surface area contributed by atoms with Crippen molar-refractivity contribution < 1.29 is 0 Å². The molecular formula is C56H34N6S. The van der Waals surface area contributed by atoms with Gasteiger partial charge in [-0.15, -0.1) is 11.3 Å². The molecule has 0 aliphatic rings. The molecule has 0 bridgehead atoms. The first-order chi connectivity index (χ1) is 31.2. The van der Waals surface area contributed by atoms with Crippen molar-refractivity contribution in [2.45, 2.75) is 0 Å². The van der Waals surface area contributed by atoms with Crippen molar-refractivity contribution in [3.8, 4) is 56.4 Å². The molecule has 0 unspecified atom stereocenters. The molecule has 0 fully saturated rings. The first-order valence-corrected chi connectivity index (χ1v) is 21.8. The summed E-state index contributed by atoms with van der Waals surface area (Å²) in [5, 5.41) is 5.91. The van der Waals surface area contributed by atoms with Crippen LogP contribution in [-0.4, -0.2) is 29.1 Å². The van der Waals surface area contributed by atoms with Crippen LogP contribution in [0.4, 0.5) is 0 Å². The fourth-order valence-electron chi connectivity index (χ4n) is 9.33. The summed E-state index contributed by atoms with van der Waals surface area (Å²) >= 11 is 1.79. The molecule has 13 aromatic rings. The summed E-state index contributed by atoms with van der Waals surface area (Å²) < 4.78 is 7.10. The number of pyridine rings is 2. The molecule has 0 amide bonds. The monoisotopic (exact) mass is 822 g/mol. The third-order valence-corrected chi connectivity index (χ3v) is 13.4. The van der Waals surface area contributed by atoms with Gasteiger partial charge in [0.1, 0.15) is 5.82 Å². The van der Waals surface area contributed by atoms with E-state index in [1.165, 1.54) is 31.1 Å². The first-order valence-electron chi connectivity index (χ1n) is 21.0. The van der Waals surface area contributed by atoms with Crippen LogP contribution in [0.2, 0.25) is 0 Å². The predicted octanol–water partition coefficient (Wildman–Crippen LogP) is 14.5. The molecule has 0 saturated heterocycles. The van der Waals surface area contributed by atoms with Crippen molar-refractivity contribution in [3.05, 3.63) is 207 Å². The van der Waals surface area contributed by atoms with Gasteiger partial charge in [0.25, 0.3) is 0 Å². The number of fused-ring (bicyclic) bond motifs is 9. The molecule has 6 aromatic heterocycles. The normalized spacial score (nSPS) is 11.8. The third kappa shape index (κ3) is 5.78. The average molecular weight is 823 g/mol. The topological polar surface area (TPSA) is 61.4 Å². The molecule has 0 radical (unpaired) electrons. The van der Waals surface area contributed by atoms with Gasteiger partial charge in [-0.3, -0.25) is 14.5 Å². The molecule has 0 atom stereocenters. The molecule has 0 N–H and O–H groups in total. The average Bonchev–Trinajstić information content (AvgIpc) is 4.01. The zero-order valence-electron chi connectivity index (χ0n) is 33.7. The summed E-state index contributed by atoms with van der Waals surface area (Å²) in [6.07, 6.45) is 5.83. The van der Waals surface area contributed by atoms with Crippen LogP contribution in [0.3, 0.4) is 0 Å². The first kappa shape index (κ1) is 35.5. The minimum Gasteiger partial charge on any atom is -0.309 e. The number of thiophene rings is 1. The number of aromatic nitrogens is 6. The van der Waals surface area contributed by atoms with E-state index in [1.807, 2.05) is 48.9 Å². The van der Waals surface area contributed by atoms with E-state index in [1.54, 1.807) is 11.3 Å². The second-order valence-corrected chi connectivity index (χ2v) is 17.0. The molecule has 0 saturated carbocycles. The smallest absolute Gasteiger partial charge is 0.162 e. The number of rotatable bonds is 6. The Morgan fingerprint density at radius 1 is 0.381 bits per heavy atom. The predicted molar refractivity (Wildman–Crippen MR) is 261 cm³/mol. The maximum absolute atomic E-state index is 5.22. The number of hydrogen-bond acceptors (Lipinski definition) is 5. The van der Waals surface area contributed by atoms with E-state index < -0.39 is 0 Å². The molecule has 7 heteroatoms. The lowest BCUT2D eigenvalue weighted by atomic mass is 9.99. The molecular weight excluding hydrogens is 789 g/mol. The third-order valence-electron chi connectivity index (χ3n) is 12.3. The minimum atomic E-state index is 0.686. The summed E-state index contributed by atoms with van der Waals surface area (Å²) in [6.45, 7) is 0. The SMILES string of the molecule is c1ccc(-c2cc(-n3c4ccccc4c4cc(-c5cncc(-c6ccc7c8ccccc8n(-c8ccc9sc%10cccnc%10c9c8)c7c6)c5)ccc43)nc(-c3ccccc3)n2)cc1. The largest absolute Gasteiger partial charge is 0.309 e. The number of benzene rings is 7. The highest BCUT2D eigenvalue weighted by Gasteiger charge is 2.19. The number of para-hydroxylation sites is 2. The zero-order valence-corrected chi connectivity index (χ0v) is 34.5. The van der Waals surface area contributed by atoms with Crippen molar-refractivity contribution in [1.82, 2.24) is 29.1 Å². The van der Waals surface area contributed by atoms with Crippen molar-refractivity contribution in [3.63, 3.8) is 0 Å². The van der Waals surface area contributed by atoms with Crippen LogP contribution < -0.4 is 0 Å². The summed E-state index contributed by atoms with van der Waals surface area (Å²) in [6, 6.07) is 66.6. The highest BCUT2D eigenvalue weighted by Crippen LogP contribution is 2.40. The standard InChI is InChI=1S/C56H34N6S/c1-3-12-35(13-4-1)47-32-54(60-56(59-47)36-14-5-2-6-15-36)62-49-19-10-8-17-43(49)45-29-37(22-25-50(45)62)39-28-40(34-57-33-39)38-21-24-44-42-16-7-9-18-48(42)61(51(44)30-38)41-23-26-52-46(31-41)55-53(63-52)20-11-27-58-55/h1-34H. The van der Waals surface area contributed by atoms with Gasteiger partial charge >= 0.3 is 0 Å². The molecule has 294 valence electrons. The van der Waals surface area contributed by atoms with Crippen LogP contribution >= 0.6 is 11.3 Å². The zero-order chi connectivity index (χ0) is 41.4. The molecule has 0 spiro atoms. The Morgan fingerprint density at radius 3 is 1.86 bits per heavy atom. The van der Waals surface area contributed by atoms with Crippen LogP contribution in [0.5, 0.6) is 0 Å². The Kier molecular flexibility index (Phi) is 7.98. The second kappa shape index (κ2) is 14.2. The van der Waals surface area contributed by atoms with E-state index in [0.717, 1.165) is 83.4 Å². The highest BCUT2D eigenvalue weighted by molar-refractivity contribution is 7.25. The molecule has 13 rings (SSSR count). The summed E-state index contributed by atoms with van der Waals surface area (Å²) in [5.74, 6) is 1.50. The Labute approximate surface area is 365 Å². The maximum atomic E-state index is 5.22. The van der Waals surface area contributed by atoms with E-state index in [4.69, 9.17) is 19.9 Å². The van der Waals surface area contributed by atoms with Crippen LogP contribution in [0, 0.1) is 0 Å². The fourth-order valence-corrected chi connectivity index (χ4v) is 10.4. The Morgan fingerprint density at radius 2 is 1.05 bits per heavy atom. The lowest BCUT2D eigenvalue weighted by molar-refractivity contribution is 1.05. The van der Waals surface area contributed by atoms with Crippen molar-refractivity contribution in [1.29, 1.82) is 0 Å². The van der Waals surface area contributed by atoms with E-state index in [9.17, 15) is 0 Å². The van der Waals surface area contributed by atoms with E-state index >= 15 is 0 Å². The van der Waals surface area contributed by atoms with E-state index in [0.29, 0.717) is 5.82 Å². The van der Waals surface area contributed by atoms with Crippen LogP contribution in [-0.2, 0) is 0 Å². The van der Waals surface area contributed by atoms with Crippen molar-refractivity contribution in [2.24, 2.45) is 0 Å². The fraction of sp³-hybridized carbons (Fsp3) is 0. The minimum absolute atomic E-state index is 0.686. The van der Waals surface area contributed by atoms with E-state index in [-0.39, 0.29) is 0 Å². The van der Waals surface area contributed by atoms with Crippen molar-refractivity contribution in [2.75, 3.05) is 0 Å². The number of hydrogen-bond donors (Lipinski definition) is 0. The van der Waals surface area contributed by atoms with Gasteiger partial charge in [-0.1, -0.05) is 115 Å². The van der Waals surface area contributed by atoms with Crippen LogP contribution in [0.1, 0.15) is 0 Å². The molecule has 7 aromatic carbocycles. The maximum Gasteiger partial charge on any atom is 0.162 e. The van der Waals surface area contributed by atoms with Gasteiger partial charge < -0.3 is 4.57 Å². The highest BCUT2D eigenvalue weighted by atomic mass is 32.1. The Bertz CT molecular complexity index is 3860. The molecule has 6 heterocycles. The molecule has 0 aliphatic carbocycles. The second-order valence-electron chi connectivity index (χ2n) is 15.9. The van der Waals surface area contributed by atoms with Gasteiger partial charge in [0.2, 0.25) is 0 Å². The van der Waals surface area contributed by atoms with Gasteiger partial charge in [0.15, 0.2) is 5.82 Å². The van der Waals surface area contributed by atoms with E-state index in [2.05, 4.69) is 167 Å². The van der Waals surface area contributed by atoms with Gasteiger partial charge in [-0.05, 0) is 77.9 Å². The van der Waals surface area contributed by atoms with Gasteiger partial charge in [-0.2, -0.15) is 0 Å². The molecule has 6 nitrogen and oxygen atoms in total. The lowest BCUT2D eigenvalue weighted by Gasteiger charge is -2.12. The van der Waals surface area contributed by atoms with Crippen LogP contribution in [0.15, 0.2) is 207 Å². The van der Waals surface area contributed by atoms with Gasteiger partial charge in [-0.25, -0.2) is 9.97 Å². The van der Waals surface area contributed by atoms with Gasteiger partial charge in [0.05, 0.1) is 38.0 Å².